The normalized spacial score (nSPS) is 14.2. The molecule has 0 aliphatic carbocycles. The fourth-order valence-corrected chi connectivity index (χ4v) is 1.79. The van der Waals surface area contributed by atoms with E-state index in [0.29, 0.717) is 16.0 Å². The Morgan fingerprint density at radius 2 is 2.38 bits per heavy atom. The summed E-state index contributed by atoms with van der Waals surface area (Å²) in [7, 11) is 0. The van der Waals surface area contributed by atoms with Crippen molar-refractivity contribution < 1.29 is 4.79 Å². The van der Waals surface area contributed by atoms with Gasteiger partial charge in [-0.25, -0.2) is 4.98 Å². The van der Waals surface area contributed by atoms with Gasteiger partial charge < -0.3 is 5.32 Å². The number of aromatic nitrogens is 1. The third-order valence-electron chi connectivity index (χ3n) is 2.46. The molecule has 0 saturated heterocycles. The first kappa shape index (κ1) is 13.5. The van der Waals surface area contributed by atoms with Gasteiger partial charge in [0, 0.05) is 16.5 Å². The van der Waals surface area contributed by atoms with Gasteiger partial charge in [-0.15, -0.1) is 11.6 Å². The van der Waals surface area contributed by atoms with Gasteiger partial charge in [-0.05, 0) is 41.4 Å². The maximum Gasteiger partial charge on any atom is 0.271 e. The average Bonchev–Trinajstić information content (AvgIpc) is 2.29. The summed E-state index contributed by atoms with van der Waals surface area (Å²) in [6.07, 6.45) is 2.36. The third-order valence-corrected chi connectivity index (χ3v) is 3.69. The monoisotopic (exact) mass is 304 g/mol. The fraction of sp³-hybridized carbons (Fsp3) is 0.455. The molecule has 0 spiro atoms. The smallest absolute Gasteiger partial charge is 0.271 e. The Kier molecular flexibility index (Phi) is 4.74. The molecule has 1 aromatic heterocycles. The van der Waals surface area contributed by atoms with Crippen LogP contribution < -0.4 is 5.32 Å². The average molecular weight is 306 g/mol. The van der Waals surface area contributed by atoms with Gasteiger partial charge in [0.05, 0.1) is 5.54 Å². The molecule has 1 unspecified atom stereocenters. The van der Waals surface area contributed by atoms with Crippen LogP contribution in [0.15, 0.2) is 22.8 Å². The molecule has 0 fully saturated rings. The van der Waals surface area contributed by atoms with Gasteiger partial charge >= 0.3 is 0 Å². The summed E-state index contributed by atoms with van der Waals surface area (Å²) in [6.45, 7) is 3.89. The van der Waals surface area contributed by atoms with E-state index in [1.54, 1.807) is 18.3 Å². The van der Waals surface area contributed by atoms with Crippen LogP contribution in [0.3, 0.4) is 0 Å². The number of carbonyl (C=O) groups is 1. The van der Waals surface area contributed by atoms with Gasteiger partial charge in [-0.3, -0.25) is 4.79 Å². The molecule has 88 valence electrons. The second-order valence-electron chi connectivity index (χ2n) is 3.84. The van der Waals surface area contributed by atoms with Crippen molar-refractivity contribution in [2.24, 2.45) is 0 Å². The van der Waals surface area contributed by atoms with E-state index in [1.165, 1.54) is 0 Å². The Balaban J connectivity index is 2.84. The Morgan fingerprint density at radius 1 is 1.69 bits per heavy atom. The lowest BCUT2D eigenvalue weighted by Gasteiger charge is -2.26. The highest BCUT2D eigenvalue weighted by Gasteiger charge is 2.25. The molecule has 1 N–H and O–H groups in total. The number of rotatable bonds is 4. The zero-order valence-corrected chi connectivity index (χ0v) is 11.6. The first-order chi connectivity index (χ1) is 7.52. The number of hydrogen-bond acceptors (Lipinski definition) is 2. The highest BCUT2D eigenvalue weighted by molar-refractivity contribution is 9.10. The summed E-state index contributed by atoms with van der Waals surface area (Å²) >= 11 is 9.13. The third kappa shape index (κ3) is 3.19. The highest BCUT2D eigenvalue weighted by Crippen LogP contribution is 2.16. The Bertz CT molecular complexity index is 380. The molecule has 1 atom stereocenters. The van der Waals surface area contributed by atoms with E-state index in [-0.39, 0.29) is 5.91 Å². The van der Waals surface area contributed by atoms with Crippen molar-refractivity contribution in [1.29, 1.82) is 0 Å². The molecule has 0 bridgehead atoms. The van der Waals surface area contributed by atoms with Gasteiger partial charge in [0.1, 0.15) is 5.69 Å². The molecule has 0 aromatic carbocycles. The zero-order valence-electron chi connectivity index (χ0n) is 9.26. The van der Waals surface area contributed by atoms with Crippen molar-refractivity contribution in [1.82, 2.24) is 10.3 Å². The van der Waals surface area contributed by atoms with Gasteiger partial charge in [-0.1, -0.05) is 6.92 Å². The van der Waals surface area contributed by atoms with Gasteiger partial charge in [0.25, 0.3) is 5.91 Å². The number of pyridine rings is 1. The lowest BCUT2D eigenvalue weighted by Crippen LogP contribution is -2.47. The summed E-state index contributed by atoms with van der Waals surface area (Å²) in [6, 6.07) is 3.55. The van der Waals surface area contributed by atoms with Crippen LogP contribution in [-0.4, -0.2) is 22.3 Å². The molecule has 3 nitrogen and oxygen atoms in total. The molecule has 1 aromatic rings. The molecule has 1 rings (SSSR count). The standard InChI is InChI=1S/C11H14BrClN2O/c1-3-11(2,7-13)15-10(16)9-8(12)5-4-6-14-9/h4-6H,3,7H2,1-2H3,(H,15,16). The molecule has 16 heavy (non-hydrogen) atoms. The minimum absolute atomic E-state index is 0.211. The van der Waals surface area contributed by atoms with Crippen LogP contribution in [0.25, 0.3) is 0 Å². The van der Waals surface area contributed by atoms with E-state index in [9.17, 15) is 4.79 Å². The molecule has 0 radical (unpaired) electrons. The molecule has 1 heterocycles. The van der Waals surface area contributed by atoms with Crippen LogP contribution in [0.4, 0.5) is 0 Å². The topological polar surface area (TPSA) is 42.0 Å². The number of halogens is 2. The predicted octanol–water partition coefficient (Wildman–Crippen LogP) is 2.98. The molecule has 0 saturated carbocycles. The summed E-state index contributed by atoms with van der Waals surface area (Å²) in [5.74, 6) is 0.164. The number of hydrogen-bond donors (Lipinski definition) is 1. The summed E-state index contributed by atoms with van der Waals surface area (Å²) < 4.78 is 0.681. The van der Waals surface area contributed by atoms with E-state index in [4.69, 9.17) is 11.6 Å². The maximum absolute atomic E-state index is 11.9. The van der Waals surface area contributed by atoms with E-state index in [0.717, 1.165) is 6.42 Å². The Labute approximate surface area is 109 Å². The molecule has 0 aliphatic rings. The van der Waals surface area contributed by atoms with Crippen LogP contribution in [0.5, 0.6) is 0 Å². The number of amides is 1. The van der Waals surface area contributed by atoms with Crippen molar-refractivity contribution in [3.8, 4) is 0 Å². The van der Waals surface area contributed by atoms with Crippen molar-refractivity contribution in [2.45, 2.75) is 25.8 Å². The van der Waals surface area contributed by atoms with Crippen LogP contribution in [0, 0.1) is 0 Å². The van der Waals surface area contributed by atoms with Crippen LogP contribution in [0.2, 0.25) is 0 Å². The second-order valence-corrected chi connectivity index (χ2v) is 4.96. The molecule has 1 amide bonds. The molecular weight excluding hydrogens is 291 g/mol. The lowest BCUT2D eigenvalue weighted by atomic mass is 10.0. The minimum atomic E-state index is -0.393. The van der Waals surface area contributed by atoms with Gasteiger partial charge in [0.15, 0.2) is 0 Å². The predicted molar refractivity (Wildman–Crippen MR) is 68.8 cm³/mol. The van der Waals surface area contributed by atoms with Crippen LogP contribution in [0.1, 0.15) is 30.8 Å². The molecule has 5 heteroatoms. The number of alkyl halides is 1. The fourth-order valence-electron chi connectivity index (χ4n) is 1.10. The maximum atomic E-state index is 11.9. The van der Waals surface area contributed by atoms with E-state index in [1.807, 2.05) is 13.8 Å². The first-order valence-corrected chi connectivity index (χ1v) is 6.34. The number of nitrogens with zero attached hydrogens (tertiary/aromatic N) is 1. The SMILES string of the molecule is CCC(C)(CCl)NC(=O)c1ncccc1Br. The lowest BCUT2D eigenvalue weighted by molar-refractivity contribution is 0.0906. The summed E-state index contributed by atoms with van der Waals surface area (Å²) in [5.41, 5.74) is -0.0115. The van der Waals surface area contributed by atoms with Crippen molar-refractivity contribution in [3.63, 3.8) is 0 Å². The van der Waals surface area contributed by atoms with Crippen molar-refractivity contribution in [2.75, 3.05) is 5.88 Å². The van der Waals surface area contributed by atoms with E-state index < -0.39 is 5.54 Å². The van der Waals surface area contributed by atoms with Crippen molar-refractivity contribution >= 4 is 33.4 Å². The summed E-state index contributed by atoms with van der Waals surface area (Å²) in [5, 5.41) is 2.89. The molecular formula is C11H14BrClN2O. The van der Waals surface area contributed by atoms with Crippen LogP contribution >= 0.6 is 27.5 Å². The van der Waals surface area contributed by atoms with E-state index in [2.05, 4.69) is 26.2 Å². The van der Waals surface area contributed by atoms with Gasteiger partial charge in [-0.2, -0.15) is 0 Å². The Morgan fingerprint density at radius 3 is 2.88 bits per heavy atom. The van der Waals surface area contributed by atoms with Crippen LogP contribution in [-0.2, 0) is 0 Å². The second kappa shape index (κ2) is 5.64. The zero-order chi connectivity index (χ0) is 12.2. The quantitative estimate of drug-likeness (QED) is 0.869. The highest BCUT2D eigenvalue weighted by atomic mass is 79.9. The van der Waals surface area contributed by atoms with Crippen molar-refractivity contribution in [3.05, 3.63) is 28.5 Å². The largest absolute Gasteiger partial charge is 0.344 e. The Hall–Kier alpha value is -0.610. The first-order valence-electron chi connectivity index (χ1n) is 5.01. The molecule has 0 aliphatic heterocycles. The van der Waals surface area contributed by atoms with Gasteiger partial charge in [0.2, 0.25) is 0 Å². The summed E-state index contributed by atoms with van der Waals surface area (Å²) in [4.78, 5) is 16.0. The number of nitrogens with one attached hydrogen (secondary N) is 1. The number of carbonyl (C=O) groups excluding carboxylic acids is 1. The van der Waals surface area contributed by atoms with E-state index >= 15 is 0 Å². The minimum Gasteiger partial charge on any atom is -0.344 e.